The Kier molecular flexibility index (Phi) is 2.18. The Labute approximate surface area is 80.1 Å². The van der Waals surface area contributed by atoms with E-state index in [4.69, 9.17) is 14.2 Å². The molecule has 2 rings (SSSR count). The van der Waals surface area contributed by atoms with Crippen LogP contribution in [0.25, 0.3) is 0 Å². The molecular formula is C8H10O6. The molecule has 6 nitrogen and oxygen atoms in total. The largest absolute Gasteiger partial charge is 0.509 e. The van der Waals surface area contributed by atoms with Crippen LogP contribution in [0.15, 0.2) is 0 Å². The fourth-order valence-electron chi connectivity index (χ4n) is 1.45. The van der Waals surface area contributed by atoms with E-state index >= 15 is 0 Å². The van der Waals surface area contributed by atoms with E-state index in [1.165, 1.54) is 0 Å². The minimum Gasteiger partial charge on any atom is -0.430 e. The second kappa shape index (κ2) is 3.36. The summed E-state index contributed by atoms with van der Waals surface area (Å²) in [6, 6.07) is 0. The lowest BCUT2D eigenvalue weighted by atomic mass is 10.1. The van der Waals surface area contributed by atoms with E-state index < -0.39 is 12.3 Å². The summed E-state index contributed by atoms with van der Waals surface area (Å²) in [5, 5.41) is 0. The van der Waals surface area contributed by atoms with Crippen molar-refractivity contribution in [2.75, 3.05) is 6.61 Å². The van der Waals surface area contributed by atoms with Gasteiger partial charge in [0.25, 0.3) is 0 Å². The van der Waals surface area contributed by atoms with E-state index in [0.29, 0.717) is 6.42 Å². The van der Waals surface area contributed by atoms with Gasteiger partial charge in [-0.15, -0.1) is 0 Å². The molecule has 0 aromatic carbocycles. The smallest absolute Gasteiger partial charge is 0.430 e. The Bertz CT molecular complexity index is 263. The first-order valence-corrected chi connectivity index (χ1v) is 4.36. The average Bonchev–Trinajstić information content (AvgIpc) is 2.61. The van der Waals surface area contributed by atoms with Crippen LogP contribution in [-0.4, -0.2) is 37.2 Å². The van der Waals surface area contributed by atoms with Crippen molar-refractivity contribution >= 4 is 12.3 Å². The minimum absolute atomic E-state index is 0.208. The van der Waals surface area contributed by atoms with Crippen LogP contribution in [0.4, 0.5) is 9.59 Å². The molecular weight excluding hydrogens is 192 g/mol. The summed E-state index contributed by atoms with van der Waals surface area (Å²) in [5.74, 6) is 0. The highest BCUT2D eigenvalue weighted by Crippen LogP contribution is 2.22. The molecule has 0 saturated carbocycles. The fourth-order valence-corrected chi connectivity index (χ4v) is 1.45. The molecule has 2 aliphatic rings. The van der Waals surface area contributed by atoms with Crippen LogP contribution in [0.1, 0.15) is 13.3 Å². The van der Waals surface area contributed by atoms with E-state index in [0.717, 1.165) is 0 Å². The van der Waals surface area contributed by atoms with Gasteiger partial charge in [0, 0.05) is 6.42 Å². The third-order valence-corrected chi connectivity index (χ3v) is 2.20. The minimum atomic E-state index is -0.673. The third kappa shape index (κ3) is 1.73. The number of cyclic esters (lactones) is 4. The zero-order valence-electron chi connectivity index (χ0n) is 7.60. The number of carbonyl (C=O) groups excluding carboxylic acids is 2. The van der Waals surface area contributed by atoms with Crippen LogP contribution in [-0.2, 0) is 18.9 Å². The highest BCUT2D eigenvalue weighted by molar-refractivity contribution is 5.63. The van der Waals surface area contributed by atoms with E-state index in [2.05, 4.69) is 4.74 Å². The fraction of sp³-hybridized carbons (Fsp3) is 0.750. The van der Waals surface area contributed by atoms with Gasteiger partial charge in [-0.1, -0.05) is 0 Å². The second-order valence-electron chi connectivity index (χ2n) is 3.27. The molecule has 0 aromatic heterocycles. The highest BCUT2D eigenvalue weighted by atomic mass is 16.8. The van der Waals surface area contributed by atoms with E-state index in [1.807, 2.05) is 0 Å². The number of hydrogen-bond acceptors (Lipinski definition) is 6. The Morgan fingerprint density at radius 1 is 1.21 bits per heavy atom. The Morgan fingerprint density at radius 3 is 2.50 bits per heavy atom. The van der Waals surface area contributed by atoms with Crippen molar-refractivity contribution in [3.8, 4) is 0 Å². The molecule has 78 valence electrons. The average molecular weight is 202 g/mol. The lowest BCUT2D eigenvalue weighted by Gasteiger charge is -2.13. The molecule has 14 heavy (non-hydrogen) atoms. The Morgan fingerprint density at radius 2 is 2.00 bits per heavy atom. The predicted molar refractivity (Wildman–Crippen MR) is 41.7 cm³/mol. The molecule has 0 amide bonds. The van der Waals surface area contributed by atoms with Crippen LogP contribution >= 0.6 is 0 Å². The maximum atomic E-state index is 10.7. The van der Waals surface area contributed by atoms with Crippen molar-refractivity contribution in [1.29, 1.82) is 0 Å². The summed E-state index contributed by atoms with van der Waals surface area (Å²) in [6.45, 7) is 1.94. The van der Waals surface area contributed by atoms with Gasteiger partial charge < -0.3 is 18.9 Å². The van der Waals surface area contributed by atoms with Crippen LogP contribution in [0, 0.1) is 0 Å². The molecule has 2 heterocycles. The quantitative estimate of drug-likeness (QED) is 0.618. The van der Waals surface area contributed by atoms with Crippen molar-refractivity contribution in [3.05, 3.63) is 0 Å². The van der Waals surface area contributed by atoms with Crippen molar-refractivity contribution in [2.45, 2.75) is 31.7 Å². The van der Waals surface area contributed by atoms with Crippen LogP contribution in [0.5, 0.6) is 0 Å². The van der Waals surface area contributed by atoms with Crippen molar-refractivity contribution in [2.24, 2.45) is 0 Å². The molecule has 6 heteroatoms. The molecule has 0 aliphatic carbocycles. The second-order valence-corrected chi connectivity index (χ2v) is 3.27. The molecule has 2 fully saturated rings. The maximum absolute atomic E-state index is 10.7. The normalized spacial score (nSPS) is 35.9. The van der Waals surface area contributed by atoms with Gasteiger partial charge >= 0.3 is 12.3 Å². The monoisotopic (exact) mass is 202 g/mol. The molecule has 2 aliphatic heterocycles. The first kappa shape index (κ1) is 9.11. The van der Waals surface area contributed by atoms with Gasteiger partial charge in [-0.3, -0.25) is 0 Å². The van der Waals surface area contributed by atoms with Gasteiger partial charge in [-0.2, -0.15) is 0 Å². The summed E-state index contributed by atoms with van der Waals surface area (Å²) in [5.41, 5.74) is 0. The third-order valence-electron chi connectivity index (χ3n) is 2.20. The first-order chi connectivity index (χ1) is 6.65. The zero-order valence-corrected chi connectivity index (χ0v) is 7.60. The SMILES string of the molecule is CC1OC(=O)OC1CC1COC(=O)O1. The van der Waals surface area contributed by atoms with E-state index in [-0.39, 0.29) is 24.9 Å². The molecule has 2 saturated heterocycles. The summed E-state index contributed by atoms with van der Waals surface area (Å²) in [7, 11) is 0. The van der Waals surface area contributed by atoms with Crippen LogP contribution in [0.2, 0.25) is 0 Å². The Balaban J connectivity index is 1.85. The zero-order chi connectivity index (χ0) is 10.1. The van der Waals surface area contributed by atoms with Gasteiger partial charge in [-0.25, -0.2) is 9.59 Å². The van der Waals surface area contributed by atoms with Gasteiger partial charge in [0.05, 0.1) is 0 Å². The molecule has 3 unspecified atom stereocenters. The Hall–Kier alpha value is -1.46. The molecule has 0 bridgehead atoms. The topological polar surface area (TPSA) is 71.1 Å². The van der Waals surface area contributed by atoms with Gasteiger partial charge in [0.1, 0.15) is 24.9 Å². The highest BCUT2D eigenvalue weighted by Gasteiger charge is 2.38. The molecule has 3 atom stereocenters. The molecule has 0 radical (unpaired) electrons. The number of ether oxygens (including phenoxy) is 4. The molecule has 0 aromatic rings. The standard InChI is InChI=1S/C8H10O6/c1-4-6(14-8(10)12-4)2-5-3-11-7(9)13-5/h4-6H,2-3H2,1H3. The maximum Gasteiger partial charge on any atom is 0.509 e. The van der Waals surface area contributed by atoms with Crippen LogP contribution in [0.3, 0.4) is 0 Å². The first-order valence-electron chi connectivity index (χ1n) is 4.36. The van der Waals surface area contributed by atoms with Gasteiger partial charge in [0.15, 0.2) is 0 Å². The summed E-state index contributed by atoms with van der Waals surface area (Å²) in [6.07, 6.45) is -1.94. The van der Waals surface area contributed by atoms with E-state index in [9.17, 15) is 9.59 Å². The summed E-state index contributed by atoms with van der Waals surface area (Å²) >= 11 is 0. The van der Waals surface area contributed by atoms with Crippen LogP contribution < -0.4 is 0 Å². The van der Waals surface area contributed by atoms with Gasteiger partial charge in [0.2, 0.25) is 0 Å². The van der Waals surface area contributed by atoms with Crippen molar-refractivity contribution in [1.82, 2.24) is 0 Å². The molecule has 0 N–H and O–H groups in total. The molecule has 0 spiro atoms. The number of hydrogen-bond donors (Lipinski definition) is 0. The predicted octanol–water partition coefficient (Wildman–Crippen LogP) is 0.836. The number of carbonyl (C=O) groups is 2. The van der Waals surface area contributed by atoms with Crippen molar-refractivity contribution in [3.63, 3.8) is 0 Å². The van der Waals surface area contributed by atoms with E-state index in [1.54, 1.807) is 6.92 Å². The van der Waals surface area contributed by atoms with Gasteiger partial charge in [-0.05, 0) is 6.92 Å². The number of rotatable bonds is 2. The summed E-state index contributed by atoms with van der Waals surface area (Å²) in [4.78, 5) is 21.3. The summed E-state index contributed by atoms with van der Waals surface area (Å²) < 4.78 is 19.0. The lowest BCUT2D eigenvalue weighted by Crippen LogP contribution is -2.26. The van der Waals surface area contributed by atoms with Crippen molar-refractivity contribution < 1.29 is 28.5 Å². The lowest BCUT2D eigenvalue weighted by molar-refractivity contribution is 0.0782.